The monoisotopic (exact) mass is 802 g/mol. The van der Waals surface area contributed by atoms with Gasteiger partial charge in [-0.2, -0.15) is 8.61 Å². The van der Waals surface area contributed by atoms with Crippen LogP contribution in [0.25, 0.3) is 0 Å². The van der Waals surface area contributed by atoms with E-state index in [9.17, 15) is 26.0 Å². The number of nitrogens with zero attached hydrogens (tertiary/aromatic N) is 2. The Hall–Kier alpha value is -2.22. The van der Waals surface area contributed by atoms with E-state index in [0.29, 0.717) is 0 Å². The lowest BCUT2D eigenvalue weighted by Crippen LogP contribution is -2.40. The van der Waals surface area contributed by atoms with Crippen LogP contribution in [0.4, 0.5) is 0 Å². The summed E-state index contributed by atoms with van der Waals surface area (Å²) in [7, 11) is -15.9. The minimum Gasteiger partial charge on any atom is -0.306 e. The van der Waals surface area contributed by atoms with E-state index < -0.39 is 47.3 Å². The normalized spacial score (nSPS) is 14.3. The number of aryl methyl sites for hydroxylation is 2. The zero-order valence-corrected chi connectivity index (χ0v) is 35.1. The van der Waals surface area contributed by atoms with Crippen molar-refractivity contribution in [1.29, 1.82) is 0 Å². The summed E-state index contributed by atoms with van der Waals surface area (Å²) in [6.45, 7) is 21.3. The molecule has 2 aromatic rings. The van der Waals surface area contributed by atoms with Gasteiger partial charge in [0.25, 0.3) is 0 Å². The van der Waals surface area contributed by atoms with E-state index in [1.54, 1.807) is 78.0 Å². The van der Waals surface area contributed by atoms with Crippen molar-refractivity contribution in [2.45, 2.75) is 90.1 Å². The van der Waals surface area contributed by atoms with Crippen molar-refractivity contribution in [2.75, 3.05) is 39.5 Å². The summed E-state index contributed by atoms with van der Waals surface area (Å²) < 4.78 is 107. The fraction of sp³-hybridized carbons (Fsp3) is 0.500. The molecule has 2 aromatic carbocycles. The van der Waals surface area contributed by atoms with Crippen LogP contribution in [-0.4, -0.2) is 77.0 Å². The molecule has 12 nitrogen and oxygen atoms in total. The largest absolute Gasteiger partial charge is 0.358 e. The van der Waals surface area contributed by atoms with Gasteiger partial charge in [0.05, 0.1) is 36.2 Å². The molecule has 0 aromatic heterocycles. The van der Waals surface area contributed by atoms with Gasteiger partial charge < -0.3 is 18.1 Å². The molecule has 0 unspecified atom stereocenters. The molecule has 0 aliphatic heterocycles. The predicted molar refractivity (Wildman–Crippen MR) is 207 cm³/mol. The van der Waals surface area contributed by atoms with Gasteiger partial charge >= 0.3 is 15.2 Å². The van der Waals surface area contributed by atoms with Gasteiger partial charge in [-0.3, -0.25) is 9.13 Å². The molecule has 52 heavy (non-hydrogen) atoms. The molecule has 0 bridgehead atoms. The maximum absolute atomic E-state index is 14.0. The zero-order valence-electron chi connectivity index (χ0n) is 31.7. The topological polar surface area (TPSA) is 146 Å². The second-order valence-electron chi connectivity index (χ2n) is 12.2. The van der Waals surface area contributed by atoms with Crippen molar-refractivity contribution in [3.05, 3.63) is 95.6 Å². The van der Waals surface area contributed by atoms with E-state index in [4.69, 9.17) is 18.1 Å². The van der Waals surface area contributed by atoms with Crippen molar-refractivity contribution in [3.63, 3.8) is 0 Å². The minimum atomic E-state index is -4.10. The molecule has 0 heterocycles. The van der Waals surface area contributed by atoms with E-state index >= 15 is 0 Å². The van der Waals surface area contributed by atoms with Gasteiger partial charge in [0.2, 0.25) is 20.0 Å². The Morgan fingerprint density at radius 2 is 0.885 bits per heavy atom. The first kappa shape index (κ1) is 45.9. The average Bonchev–Trinajstić information content (AvgIpc) is 3.08. The Morgan fingerprint density at radius 3 is 1.13 bits per heavy atom. The highest BCUT2D eigenvalue weighted by Gasteiger charge is 2.37. The van der Waals surface area contributed by atoms with Crippen LogP contribution in [0.15, 0.2) is 94.3 Å². The van der Waals surface area contributed by atoms with Gasteiger partial charge in [-0.1, -0.05) is 60.7 Å². The lowest BCUT2D eigenvalue weighted by Gasteiger charge is -2.31. The van der Waals surface area contributed by atoms with Crippen LogP contribution in [0.5, 0.6) is 0 Å². The molecule has 0 N–H and O–H groups in total. The summed E-state index contributed by atoms with van der Waals surface area (Å²) in [5.41, 5.74) is 1.77. The van der Waals surface area contributed by atoms with Gasteiger partial charge in [0, 0.05) is 35.8 Å². The van der Waals surface area contributed by atoms with E-state index in [1.807, 2.05) is 13.8 Å². The number of hydrogen-bond acceptors (Lipinski definition) is 10. The highest BCUT2D eigenvalue weighted by molar-refractivity contribution is 7.89. The molecule has 0 radical (unpaired) electrons. The van der Waals surface area contributed by atoms with Gasteiger partial charge in [-0.15, -0.1) is 0 Å². The van der Waals surface area contributed by atoms with Crippen LogP contribution in [0.2, 0.25) is 0 Å². The third kappa shape index (κ3) is 12.1. The molecule has 16 heteroatoms. The smallest absolute Gasteiger partial charge is 0.306 e. The van der Waals surface area contributed by atoms with Crippen LogP contribution in [0.1, 0.15) is 65.5 Å². The number of sulfonamides is 2. The Kier molecular flexibility index (Phi) is 18.1. The Bertz CT molecular complexity index is 1680. The highest BCUT2D eigenvalue weighted by Crippen LogP contribution is 2.56. The standard InChI is InChI=1S/C36H56N2O10P2S2/c1-11-45-49(39,46-12-2)33(9)27-37(51(41,42)35-23-19-29(5)20-24-35)31(7)17-15-16-18-32(8)38(28-34(10)50(40,47-13-3)48-14-4)52(43,44)36-25-21-30(6)22-26-36/h15-16,19-26,31-32H,9-14,17-18,27-28H2,1-8H3/b16-15+/t31-,32-/m0/s1. The third-order valence-corrected chi connectivity index (χ3v) is 16.2. The second kappa shape index (κ2) is 20.5. The Morgan fingerprint density at radius 1 is 0.615 bits per heavy atom. The Balaban J connectivity index is 2.43. The van der Waals surface area contributed by atoms with Crippen LogP contribution in [0, 0.1) is 13.8 Å². The van der Waals surface area contributed by atoms with Crippen LogP contribution >= 0.6 is 15.2 Å². The SMILES string of the molecule is C=C(CN([C@@H](C)C/C=C/C[C@H](C)N(CC(=C)P(=O)(OCC)OCC)S(=O)(=O)c1ccc(C)cc1)S(=O)(=O)c1ccc(C)cc1)P(=O)(OCC)OCC. The molecule has 0 spiro atoms. The molecular weight excluding hydrogens is 746 g/mol. The van der Waals surface area contributed by atoms with Crippen LogP contribution in [-0.2, 0) is 47.3 Å². The van der Waals surface area contributed by atoms with Gasteiger partial charge in [0.15, 0.2) is 0 Å². The van der Waals surface area contributed by atoms with E-state index in [-0.39, 0.29) is 72.8 Å². The van der Waals surface area contributed by atoms with Gasteiger partial charge in [-0.05, 0) is 92.5 Å². The quantitative estimate of drug-likeness (QED) is 0.0747. The number of benzene rings is 2. The lowest BCUT2D eigenvalue weighted by molar-refractivity contribution is 0.222. The fourth-order valence-electron chi connectivity index (χ4n) is 5.12. The van der Waals surface area contributed by atoms with Crippen molar-refractivity contribution >= 4 is 35.2 Å². The number of hydrogen-bond donors (Lipinski definition) is 0. The maximum atomic E-state index is 14.0. The van der Waals surface area contributed by atoms with E-state index in [1.165, 1.54) is 32.9 Å². The zero-order chi connectivity index (χ0) is 39.3. The summed E-state index contributed by atoms with van der Waals surface area (Å²) in [6, 6.07) is 11.6. The van der Waals surface area contributed by atoms with Crippen molar-refractivity contribution in [3.8, 4) is 0 Å². The van der Waals surface area contributed by atoms with Crippen molar-refractivity contribution < 1.29 is 44.1 Å². The molecule has 0 amide bonds. The Labute approximate surface area is 312 Å². The average molecular weight is 803 g/mol. The highest BCUT2D eigenvalue weighted by atomic mass is 32.2. The van der Waals surface area contributed by atoms with Crippen molar-refractivity contribution in [1.82, 2.24) is 8.61 Å². The maximum Gasteiger partial charge on any atom is 0.358 e. The molecule has 0 aliphatic rings. The first-order valence-electron chi connectivity index (χ1n) is 17.3. The van der Waals surface area contributed by atoms with E-state index in [2.05, 4.69) is 13.2 Å². The van der Waals surface area contributed by atoms with Crippen LogP contribution < -0.4 is 0 Å². The van der Waals surface area contributed by atoms with Gasteiger partial charge in [0.1, 0.15) is 0 Å². The molecular formula is C36H56N2O10P2S2. The molecule has 2 atom stereocenters. The summed E-state index contributed by atoms with van der Waals surface area (Å²) in [6.07, 6.45) is 3.98. The van der Waals surface area contributed by atoms with Gasteiger partial charge in [-0.25, -0.2) is 16.8 Å². The van der Waals surface area contributed by atoms with Crippen molar-refractivity contribution in [2.24, 2.45) is 0 Å². The predicted octanol–water partition coefficient (Wildman–Crippen LogP) is 8.66. The molecule has 0 saturated carbocycles. The van der Waals surface area contributed by atoms with Crippen LogP contribution in [0.3, 0.4) is 0 Å². The molecule has 2 rings (SSSR count). The number of rotatable bonds is 24. The lowest BCUT2D eigenvalue weighted by atomic mass is 10.1. The summed E-state index contributed by atoms with van der Waals surface area (Å²) >= 11 is 0. The molecule has 292 valence electrons. The molecule has 0 aliphatic carbocycles. The first-order chi connectivity index (χ1) is 24.3. The third-order valence-electron chi connectivity index (χ3n) is 8.01. The molecule has 0 fully saturated rings. The second-order valence-corrected chi connectivity index (χ2v) is 20.2. The molecule has 0 saturated heterocycles. The van der Waals surface area contributed by atoms with E-state index in [0.717, 1.165) is 11.1 Å². The summed E-state index contributed by atoms with van der Waals surface area (Å²) in [5.74, 6) is 0. The first-order valence-corrected chi connectivity index (χ1v) is 23.3. The fourth-order valence-corrected chi connectivity index (χ4v) is 11.5. The summed E-state index contributed by atoms with van der Waals surface area (Å²) in [5, 5.41) is 0.00910. The summed E-state index contributed by atoms with van der Waals surface area (Å²) in [4.78, 5) is 0.123. The minimum absolute atomic E-state index is 0.00455.